The average Bonchev–Trinajstić information content (AvgIpc) is 2.56. The van der Waals surface area contributed by atoms with Crippen LogP contribution in [0.4, 0.5) is 0 Å². The molecule has 1 heterocycles. The summed E-state index contributed by atoms with van der Waals surface area (Å²) in [6.45, 7) is 4.32. The Bertz CT molecular complexity index is 528. The molecule has 0 aliphatic carbocycles. The molecule has 1 aromatic rings. The van der Waals surface area contributed by atoms with E-state index in [0.29, 0.717) is 11.5 Å². The van der Waals surface area contributed by atoms with E-state index in [1.807, 2.05) is 25.1 Å². The molecular weight excluding hydrogens is 280 g/mol. The van der Waals surface area contributed by atoms with Crippen molar-refractivity contribution < 1.29 is 14.3 Å². The van der Waals surface area contributed by atoms with Gasteiger partial charge >= 0.3 is 0 Å². The zero-order valence-corrected chi connectivity index (χ0v) is 13.3. The number of unbranched alkanes of at least 4 members (excludes halogenated alkanes) is 3. The number of ether oxygens (including phenoxy) is 2. The smallest absolute Gasteiger partial charge is 0.284 e. The van der Waals surface area contributed by atoms with Crippen LogP contribution in [0.2, 0.25) is 0 Å². The summed E-state index contributed by atoms with van der Waals surface area (Å²) in [5.41, 5.74) is 3.50. The molecule has 1 unspecified atom stereocenters. The fourth-order valence-electron chi connectivity index (χ4n) is 2.23. The molecule has 1 atom stereocenters. The van der Waals surface area contributed by atoms with Crippen LogP contribution in [0, 0.1) is 0 Å². The van der Waals surface area contributed by atoms with Crippen LogP contribution in [0.5, 0.6) is 11.5 Å². The zero-order chi connectivity index (χ0) is 15.8. The van der Waals surface area contributed by atoms with Crippen LogP contribution in [0.3, 0.4) is 0 Å². The molecule has 0 saturated carbocycles. The molecule has 2 rings (SSSR count). The number of para-hydroxylation sites is 2. The summed E-state index contributed by atoms with van der Waals surface area (Å²) in [7, 11) is 0. The van der Waals surface area contributed by atoms with Crippen molar-refractivity contribution in [3.8, 4) is 11.5 Å². The Kier molecular flexibility index (Phi) is 6.25. The molecular formula is C17H24N2O3. The topological polar surface area (TPSA) is 59.9 Å². The summed E-state index contributed by atoms with van der Waals surface area (Å²) in [6, 6.07) is 7.33. The second-order valence-electron chi connectivity index (χ2n) is 5.50. The molecule has 0 aromatic heterocycles. The number of amides is 1. The van der Waals surface area contributed by atoms with E-state index < -0.39 is 6.10 Å². The van der Waals surface area contributed by atoms with Crippen LogP contribution in [0.1, 0.15) is 46.0 Å². The van der Waals surface area contributed by atoms with E-state index in [9.17, 15) is 4.79 Å². The lowest BCUT2D eigenvalue weighted by Crippen LogP contribution is -2.42. The predicted octanol–water partition coefficient (Wildman–Crippen LogP) is 3.29. The number of fused-ring (bicyclic) bond motifs is 1. The monoisotopic (exact) mass is 304 g/mol. The summed E-state index contributed by atoms with van der Waals surface area (Å²) in [5.74, 6) is 0.985. The van der Waals surface area contributed by atoms with Crippen molar-refractivity contribution in [2.75, 3.05) is 6.61 Å². The van der Waals surface area contributed by atoms with E-state index in [2.05, 4.69) is 17.5 Å². The summed E-state index contributed by atoms with van der Waals surface area (Å²) < 4.78 is 11.2. The van der Waals surface area contributed by atoms with Crippen molar-refractivity contribution in [3.63, 3.8) is 0 Å². The normalized spacial score (nSPS) is 17.2. The minimum atomic E-state index is -0.661. The van der Waals surface area contributed by atoms with Gasteiger partial charge in [-0.3, -0.25) is 4.79 Å². The number of nitrogens with zero attached hydrogens (tertiary/aromatic N) is 1. The molecule has 0 fully saturated rings. The van der Waals surface area contributed by atoms with Gasteiger partial charge in [-0.2, -0.15) is 5.10 Å². The SMILES string of the molecule is CCCCCC/C(C)=N/NC(=O)C1COc2ccccc2O1. The van der Waals surface area contributed by atoms with Crippen LogP contribution < -0.4 is 14.9 Å². The average molecular weight is 304 g/mol. The third-order valence-electron chi connectivity index (χ3n) is 3.55. The molecule has 1 aliphatic heterocycles. The summed E-state index contributed by atoms with van der Waals surface area (Å²) in [5, 5.41) is 4.13. The van der Waals surface area contributed by atoms with Gasteiger partial charge in [0.1, 0.15) is 6.61 Å². The number of carbonyl (C=O) groups is 1. The molecule has 0 radical (unpaired) electrons. The van der Waals surface area contributed by atoms with Gasteiger partial charge in [0, 0.05) is 5.71 Å². The molecule has 0 saturated heterocycles. The van der Waals surface area contributed by atoms with E-state index in [4.69, 9.17) is 9.47 Å². The van der Waals surface area contributed by atoms with Crippen LogP contribution >= 0.6 is 0 Å². The van der Waals surface area contributed by atoms with Crippen LogP contribution in [-0.4, -0.2) is 24.3 Å². The minimum absolute atomic E-state index is 0.202. The predicted molar refractivity (Wildman–Crippen MR) is 86.4 cm³/mol. The maximum absolute atomic E-state index is 12.1. The Balaban J connectivity index is 1.78. The molecule has 5 heteroatoms. The lowest BCUT2D eigenvalue weighted by atomic mass is 10.1. The molecule has 1 aliphatic rings. The van der Waals surface area contributed by atoms with Gasteiger partial charge in [0.15, 0.2) is 11.5 Å². The van der Waals surface area contributed by atoms with Crippen molar-refractivity contribution in [2.24, 2.45) is 5.10 Å². The summed E-state index contributed by atoms with van der Waals surface area (Å²) >= 11 is 0. The number of benzene rings is 1. The Hall–Kier alpha value is -2.04. The van der Waals surface area contributed by atoms with Crippen molar-refractivity contribution in [3.05, 3.63) is 24.3 Å². The highest BCUT2D eigenvalue weighted by molar-refractivity contribution is 5.86. The maximum Gasteiger partial charge on any atom is 0.284 e. The highest BCUT2D eigenvalue weighted by atomic mass is 16.6. The fraction of sp³-hybridized carbons (Fsp3) is 0.529. The molecule has 1 N–H and O–H groups in total. The van der Waals surface area contributed by atoms with E-state index >= 15 is 0 Å². The number of carbonyl (C=O) groups excluding carboxylic acids is 1. The van der Waals surface area contributed by atoms with Gasteiger partial charge in [0.2, 0.25) is 6.10 Å². The molecule has 120 valence electrons. The second-order valence-corrected chi connectivity index (χ2v) is 5.50. The zero-order valence-electron chi connectivity index (χ0n) is 13.3. The second kappa shape index (κ2) is 8.41. The van der Waals surface area contributed by atoms with E-state index in [-0.39, 0.29) is 12.5 Å². The van der Waals surface area contributed by atoms with Crippen molar-refractivity contribution >= 4 is 11.6 Å². The van der Waals surface area contributed by atoms with Gasteiger partial charge in [-0.15, -0.1) is 0 Å². The highest BCUT2D eigenvalue weighted by Gasteiger charge is 2.27. The number of hydrogen-bond donors (Lipinski definition) is 1. The first-order valence-electron chi connectivity index (χ1n) is 7.92. The lowest BCUT2D eigenvalue weighted by Gasteiger charge is -2.24. The van der Waals surface area contributed by atoms with Gasteiger partial charge in [0.05, 0.1) is 0 Å². The first-order valence-corrected chi connectivity index (χ1v) is 7.92. The van der Waals surface area contributed by atoms with Gasteiger partial charge < -0.3 is 9.47 Å². The fourth-order valence-corrected chi connectivity index (χ4v) is 2.23. The molecule has 1 aromatic carbocycles. The first kappa shape index (κ1) is 16.3. The summed E-state index contributed by atoms with van der Waals surface area (Å²) in [6.07, 6.45) is 5.01. The van der Waals surface area contributed by atoms with Gasteiger partial charge in [0.25, 0.3) is 5.91 Å². The standard InChI is InChI=1S/C17H24N2O3/c1-3-4-5-6-9-13(2)18-19-17(20)16-12-21-14-10-7-8-11-15(14)22-16/h7-8,10-11,16H,3-6,9,12H2,1-2H3,(H,19,20)/b18-13+. The lowest BCUT2D eigenvalue weighted by molar-refractivity contribution is -0.130. The van der Waals surface area contributed by atoms with Gasteiger partial charge in [-0.25, -0.2) is 5.43 Å². The molecule has 1 amide bonds. The quantitative estimate of drug-likeness (QED) is 0.478. The largest absolute Gasteiger partial charge is 0.485 e. The summed E-state index contributed by atoms with van der Waals surface area (Å²) in [4.78, 5) is 12.1. The van der Waals surface area contributed by atoms with E-state index in [0.717, 1.165) is 18.6 Å². The van der Waals surface area contributed by atoms with Crippen LogP contribution in [-0.2, 0) is 4.79 Å². The van der Waals surface area contributed by atoms with Gasteiger partial charge in [-0.1, -0.05) is 38.3 Å². The number of rotatable bonds is 7. The third-order valence-corrected chi connectivity index (χ3v) is 3.55. The third kappa shape index (κ3) is 4.76. The number of nitrogens with one attached hydrogen (secondary N) is 1. The molecule has 0 spiro atoms. The van der Waals surface area contributed by atoms with Crippen molar-refractivity contribution in [1.82, 2.24) is 5.43 Å². The first-order chi connectivity index (χ1) is 10.7. The molecule has 0 bridgehead atoms. The number of hydrogen-bond acceptors (Lipinski definition) is 4. The molecule has 22 heavy (non-hydrogen) atoms. The van der Waals surface area contributed by atoms with Crippen molar-refractivity contribution in [1.29, 1.82) is 0 Å². The highest BCUT2D eigenvalue weighted by Crippen LogP contribution is 2.30. The Labute approximate surface area is 131 Å². The van der Waals surface area contributed by atoms with Crippen molar-refractivity contribution in [2.45, 2.75) is 52.1 Å². The Morgan fingerprint density at radius 2 is 2.05 bits per heavy atom. The van der Waals surface area contributed by atoms with Gasteiger partial charge in [-0.05, 0) is 31.9 Å². The van der Waals surface area contributed by atoms with E-state index in [1.54, 1.807) is 6.07 Å². The van der Waals surface area contributed by atoms with E-state index in [1.165, 1.54) is 19.3 Å². The maximum atomic E-state index is 12.1. The van der Waals surface area contributed by atoms with Crippen LogP contribution in [0.15, 0.2) is 29.4 Å². The Morgan fingerprint density at radius 1 is 1.27 bits per heavy atom. The minimum Gasteiger partial charge on any atom is -0.485 e. The molecule has 5 nitrogen and oxygen atoms in total. The van der Waals surface area contributed by atoms with Crippen LogP contribution in [0.25, 0.3) is 0 Å². The Morgan fingerprint density at radius 3 is 2.82 bits per heavy atom. The number of hydrazone groups is 1.